The van der Waals surface area contributed by atoms with Crippen LogP contribution in [-0.2, 0) is 0 Å². The average molecular weight is 427 g/mol. The van der Waals surface area contributed by atoms with E-state index in [1.54, 1.807) is 18.3 Å². The Labute approximate surface area is 163 Å². The Morgan fingerprint density at radius 1 is 1.08 bits per heavy atom. The van der Waals surface area contributed by atoms with Crippen LogP contribution >= 0.6 is 27.3 Å². The molecule has 2 aromatic heterocycles. The maximum Gasteiger partial charge on any atom is 0.260 e. The molecular formula is C20H15BrN2O2S. The topological polar surface area (TPSA) is 55.1 Å². The van der Waals surface area contributed by atoms with Crippen LogP contribution in [0, 0.1) is 13.8 Å². The predicted octanol–water partition coefficient (Wildman–Crippen LogP) is 6.19. The van der Waals surface area contributed by atoms with Crippen molar-refractivity contribution in [1.82, 2.24) is 4.98 Å². The number of anilines is 1. The lowest BCUT2D eigenvalue weighted by molar-refractivity contribution is 0.102. The van der Waals surface area contributed by atoms with Crippen LogP contribution in [-0.4, -0.2) is 10.9 Å². The van der Waals surface area contributed by atoms with Crippen LogP contribution in [0.1, 0.15) is 21.9 Å². The van der Waals surface area contributed by atoms with Crippen molar-refractivity contribution in [3.63, 3.8) is 0 Å². The second kappa shape index (κ2) is 6.70. The number of carbonyl (C=O) groups is 1. The highest BCUT2D eigenvalue weighted by Gasteiger charge is 2.21. The van der Waals surface area contributed by atoms with E-state index in [1.807, 2.05) is 55.5 Å². The van der Waals surface area contributed by atoms with E-state index in [2.05, 4.69) is 21.2 Å². The first kappa shape index (κ1) is 17.0. The smallest absolute Gasteiger partial charge is 0.260 e. The van der Waals surface area contributed by atoms with Crippen molar-refractivity contribution >= 4 is 49.1 Å². The van der Waals surface area contributed by atoms with E-state index in [0.29, 0.717) is 21.6 Å². The van der Waals surface area contributed by atoms with Gasteiger partial charge in [-0.05, 0) is 54.0 Å². The number of nitrogens with zero attached hydrogens (tertiary/aromatic N) is 1. The average Bonchev–Trinajstić information content (AvgIpc) is 3.16. The second-order valence-corrected chi connectivity index (χ2v) is 7.71. The lowest BCUT2D eigenvalue weighted by Gasteiger charge is -2.09. The lowest BCUT2D eigenvalue weighted by atomic mass is 10.1. The van der Waals surface area contributed by atoms with Crippen LogP contribution in [0.25, 0.3) is 20.8 Å². The maximum absolute atomic E-state index is 12.8. The Kier molecular flexibility index (Phi) is 4.38. The molecule has 130 valence electrons. The van der Waals surface area contributed by atoms with Gasteiger partial charge in [0.05, 0.1) is 25.9 Å². The molecule has 0 saturated heterocycles. The standard InChI is InChI=1S/C20H15BrN2O2S/c1-11-17(18(21)12(2)25-11)19(24)22-14-8-4-3-7-13(14)20-23-15-9-5-6-10-16(15)26-20/h3-10H,1-2H3,(H,22,24). The van der Waals surface area contributed by atoms with Crippen LogP contribution in [0.5, 0.6) is 0 Å². The monoisotopic (exact) mass is 426 g/mol. The number of aryl methyl sites for hydroxylation is 2. The van der Waals surface area contributed by atoms with Crippen molar-refractivity contribution in [3.8, 4) is 10.6 Å². The van der Waals surface area contributed by atoms with Gasteiger partial charge in [-0.3, -0.25) is 4.79 Å². The number of benzene rings is 2. The Morgan fingerprint density at radius 3 is 2.54 bits per heavy atom. The lowest BCUT2D eigenvalue weighted by Crippen LogP contribution is -2.13. The highest BCUT2D eigenvalue weighted by Crippen LogP contribution is 2.35. The number of nitrogens with one attached hydrogen (secondary N) is 1. The van der Waals surface area contributed by atoms with Crippen LogP contribution in [0.3, 0.4) is 0 Å². The summed E-state index contributed by atoms with van der Waals surface area (Å²) in [6.45, 7) is 3.61. The van der Waals surface area contributed by atoms with Crippen molar-refractivity contribution in [3.05, 3.63) is 70.1 Å². The molecule has 0 saturated carbocycles. The quantitative estimate of drug-likeness (QED) is 0.424. The number of hydrogen-bond donors (Lipinski definition) is 1. The van der Waals surface area contributed by atoms with Crippen molar-refractivity contribution in [2.24, 2.45) is 0 Å². The third-order valence-electron chi connectivity index (χ3n) is 4.11. The molecule has 6 heteroatoms. The Bertz CT molecular complexity index is 1100. The molecule has 2 aromatic carbocycles. The Morgan fingerprint density at radius 2 is 1.81 bits per heavy atom. The summed E-state index contributed by atoms with van der Waals surface area (Å²) in [6.07, 6.45) is 0. The fourth-order valence-corrected chi connectivity index (χ4v) is 4.41. The Hall–Kier alpha value is -2.44. The molecule has 2 heterocycles. The van der Waals surface area contributed by atoms with Crippen molar-refractivity contribution in [1.29, 1.82) is 0 Å². The molecule has 0 spiro atoms. The van der Waals surface area contributed by atoms with E-state index in [-0.39, 0.29) is 5.91 Å². The summed E-state index contributed by atoms with van der Waals surface area (Å²) < 4.78 is 7.34. The summed E-state index contributed by atoms with van der Waals surface area (Å²) >= 11 is 5.04. The van der Waals surface area contributed by atoms with Crippen LogP contribution in [0.2, 0.25) is 0 Å². The van der Waals surface area contributed by atoms with Gasteiger partial charge in [-0.15, -0.1) is 11.3 Å². The molecule has 26 heavy (non-hydrogen) atoms. The number of furan rings is 1. The van der Waals surface area contributed by atoms with Gasteiger partial charge in [0.25, 0.3) is 5.91 Å². The van der Waals surface area contributed by atoms with Gasteiger partial charge in [0.15, 0.2) is 0 Å². The highest BCUT2D eigenvalue weighted by atomic mass is 79.9. The number of thiazole rings is 1. The molecule has 1 N–H and O–H groups in total. The van der Waals surface area contributed by atoms with Crippen molar-refractivity contribution in [2.45, 2.75) is 13.8 Å². The molecule has 1 amide bonds. The number of fused-ring (bicyclic) bond motifs is 1. The van der Waals surface area contributed by atoms with E-state index in [4.69, 9.17) is 9.40 Å². The number of hydrogen-bond acceptors (Lipinski definition) is 4. The van der Waals surface area contributed by atoms with Gasteiger partial charge in [0.1, 0.15) is 16.5 Å². The molecule has 4 nitrogen and oxygen atoms in total. The molecule has 0 bridgehead atoms. The zero-order valence-corrected chi connectivity index (χ0v) is 16.6. The van der Waals surface area contributed by atoms with E-state index in [1.165, 1.54) is 0 Å². The van der Waals surface area contributed by atoms with Crippen LogP contribution in [0.4, 0.5) is 5.69 Å². The summed E-state index contributed by atoms with van der Waals surface area (Å²) in [7, 11) is 0. The van der Waals surface area contributed by atoms with Gasteiger partial charge in [-0.1, -0.05) is 24.3 Å². The van der Waals surface area contributed by atoms with Crippen LogP contribution in [0.15, 0.2) is 57.4 Å². The summed E-state index contributed by atoms with van der Waals surface area (Å²) in [4.78, 5) is 17.5. The highest BCUT2D eigenvalue weighted by molar-refractivity contribution is 9.10. The molecule has 0 unspecified atom stereocenters. The molecule has 0 atom stereocenters. The minimum Gasteiger partial charge on any atom is -0.465 e. The minimum absolute atomic E-state index is 0.209. The third kappa shape index (κ3) is 2.95. The SMILES string of the molecule is Cc1oc(C)c(C(=O)Nc2ccccc2-c2nc3ccccc3s2)c1Br. The van der Waals surface area contributed by atoms with E-state index >= 15 is 0 Å². The first-order chi connectivity index (χ1) is 12.5. The summed E-state index contributed by atoms with van der Waals surface area (Å²) in [5, 5.41) is 3.88. The van der Waals surface area contributed by atoms with Gasteiger partial charge < -0.3 is 9.73 Å². The second-order valence-electron chi connectivity index (χ2n) is 5.89. The molecule has 0 radical (unpaired) electrons. The minimum atomic E-state index is -0.209. The number of halogens is 1. The first-order valence-electron chi connectivity index (χ1n) is 8.06. The van der Waals surface area contributed by atoms with Crippen LogP contribution < -0.4 is 5.32 Å². The first-order valence-corrected chi connectivity index (χ1v) is 9.67. The number of para-hydroxylation sites is 2. The summed E-state index contributed by atoms with van der Waals surface area (Å²) in [5.41, 5.74) is 3.09. The third-order valence-corrected chi connectivity index (χ3v) is 6.14. The zero-order valence-electron chi connectivity index (χ0n) is 14.2. The summed E-state index contributed by atoms with van der Waals surface area (Å²) in [5.74, 6) is 1.07. The molecule has 0 aliphatic carbocycles. The van der Waals surface area contributed by atoms with E-state index in [9.17, 15) is 4.79 Å². The van der Waals surface area contributed by atoms with Gasteiger partial charge in [0, 0.05) is 5.56 Å². The maximum atomic E-state index is 12.8. The fraction of sp³-hybridized carbons (Fsp3) is 0.100. The number of carbonyl (C=O) groups excluding carboxylic acids is 1. The molecule has 0 aliphatic heterocycles. The Balaban J connectivity index is 1.73. The zero-order chi connectivity index (χ0) is 18.3. The van der Waals surface area contributed by atoms with Gasteiger partial charge in [-0.2, -0.15) is 0 Å². The molecule has 4 rings (SSSR count). The summed E-state index contributed by atoms with van der Waals surface area (Å²) in [6, 6.07) is 15.7. The van der Waals surface area contributed by atoms with E-state index < -0.39 is 0 Å². The predicted molar refractivity (Wildman–Crippen MR) is 109 cm³/mol. The fourth-order valence-electron chi connectivity index (χ4n) is 2.87. The largest absolute Gasteiger partial charge is 0.465 e. The number of aromatic nitrogens is 1. The molecule has 0 fully saturated rings. The molecule has 0 aliphatic rings. The van der Waals surface area contributed by atoms with E-state index in [0.717, 1.165) is 26.5 Å². The van der Waals surface area contributed by atoms with Gasteiger partial charge >= 0.3 is 0 Å². The molecule has 4 aromatic rings. The molecular weight excluding hydrogens is 412 g/mol. The number of rotatable bonds is 3. The van der Waals surface area contributed by atoms with Gasteiger partial charge in [-0.25, -0.2) is 4.98 Å². The normalized spacial score (nSPS) is 11.0. The van der Waals surface area contributed by atoms with Gasteiger partial charge in [0.2, 0.25) is 0 Å². The number of amides is 1. The van der Waals surface area contributed by atoms with Crippen molar-refractivity contribution in [2.75, 3.05) is 5.32 Å². The van der Waals surface area contributed by atoms with Crippen molar-refractivity contribution < 1.29 is 9.21 Å².